The van der Waals surface area contributed by atoms with E-state index in [1.54, 1.807) is 0 Å². The van der Waals surface area contributed by atoms with E-state index >= 15 is 0 Å². The standard InChI is InChI=1S/C36H28NO2/c1-4-36(5-2)22(3)25-15-13-23(18-27(25)31-11-8-9-17-37(31)36)24-14-16-33-28(19-24)30-21-34-29(20-35(30)39-33)26-10-6-7-12-32(26)38-34/h6-21H,3-5H2,1-2H3/q+1. The summed E-state index contributed by atoms with van der Waals surface area (Å²) >= 11 is 0. The molecule has 4 heterocycles. The summed E-state index contributed by atoms with van der Waals surface area (Å²) in [5.74, 6) is 0. The average molecular weight is 507 g/mol. The molecule has 0 bridgehead atoms. The van der Waals surface area contributed by atoms with Crippen LogP contribution < -0.4 is 4.57 Å². The Morgan fingerprint density at radius 1 is 0.615 bits per heavy atom. The van der Waals surface area contributed by atoms with Crippen LogP contribution in [0.2, 0.25) is 0 Å². The molecule has 188 valence electrons. The summed E-state index contributed by atoms with van der Waals surface area (Å²) in [6.07, 6.45) is 4.23. The smallest absolute Gasteiger partial charge is 0.213 e. The van der Waals surface area contributed by atoms with Gasteiger partial charge >= 0.3 is 0 Å². The van der Waals surface area contributed by atoms with Gasteiger partial charge in [0.15, 0.2) is 11.7 Å². The van der Waals surface area contributed by atoms with E-state index < -0.39 is 0 Å². The molecule has 0 saturated heterocycles. The Morgan fingerprint density at radius 2 is 1.26 bits per heavy atom. The molecular weight excluding hydrogens is 478 g/mol. The van der Waals surface area contributed by atoms with Gasteiger partial charge in [0.05, 0.1) is 5.56 Å². The SMILES string of the molecule is C=C1c2ccc(-c3ccc4oc5cc6c(cc5c4c3)oc3ccccc36)cc2-c2cccc[n+]2C1(CC)CC. The molecule has 0 aliphatic carbocycles. The summed E-state index contributed by atoms with van der Waals surface area (Å²) in [6, 6.07) is 32.2. The molecule has 7 aromatic rings. The van der Waals surface area contributed by atoms with Crippen LogP contribution in [-0.2, 0) is 5.54 Å². The highest BCUT2D eigenvalue weighted by atomic mass is 16.3. The lowest BCUT2D eigenvalue weighted by Crippen LogP contribution is -2.59. The Hall–Kier alpha value is -4.63. The molecule has 1 aliphatic heterocycles. The average Bonchev–Trinajstić information content (AvgIpc) is 3.53. The zero-order valence-corrected chi connectivity index (χ0v) is 22.1. The number of allylic oxidation sites excluding steroid dienone is 1. The first-order valence-electron chi connectivity index (χ1n) is 13.7. The minimum atomic E-state index is -0.0955. The number of pyridine rings is 1. The minimum Gasteiger partial charge on any atom is -0.456 e. The van der Waals surface area contributed by atoms with Gasteiger partial charge in [0.2, 0.25) is 5.69 Å². The van der Waals surface area contributed by atoms with Crippen molar-refractivity contribution in [2.24, 2.45) is 0 Å². The summed E-state index contributed by atoms with van der Waals surface area (Å²) in [6.45, 7) is 9.15. The summed E-state index contributed by atoms with van der Waals surface area (Å²) in [4.78, 5) is 0. The summed E-state index contributed by atoms with van der Waals surface area (Å²) in [5, 5.41) is 4.36. The molecule has 0 atom stereocenters. The maximum Gasteiger partial charge on any atom is 0.213 e. The molecule has 39 heavy (non-hydrogen) atoms. The quantitative estimate of drug-likeness (QED) is 0.223. The van der Waals surface area contributed by atoms with Crippen LogP contribution in [0.4, 0.5) is 0 Å². The van der Waals surface area contributed by atoms with Gasteiger partial charge in [-0.25, -0.2) is 0 Å². The first kappa shape index (κ1) is 22.4. The Morgan fingerprint density at radius 3 is 2.05 bits per heavy atom. The van der Waals surface area contributed by atoms with E-state index in [0.717, 1.165) is 62.3 Å². The number of hydrogen-bond acceptors (Lipinski definition) is 2. The molecule has 3 aromatic heterocycles. The van der Waals surface area contributed by atoms with E-state index in [1.165, 1.54) is 28.0 Å². The first-order chi connectivity index (χ1) is 19.1. The topological polar surface area (TPSA) is 30.2 Å². The highest BCUT2D eigenvalue weighted by Gasteiger charge is 2.46. The van der Waals surface area contributed by atoms with Crippen molar-refractivity contribution in [3.05, 3.63) is 109 Å². The third-order valence-corrected chi connectivity index (χ3v) is 8.98. The highest BCUT2D eigenvalue weighted by Crippen LogP contribution is 2.45. The second-order valence-corrected chi connectivity index (χ2v) is 10.7. The van der Waals surface area contributed by atoms with Crippen molar-refractivity contribution in [3.63, 3.8) is 0 Å². The molecule has 0 radical (unpaired) electrons. The van der Waals surface area contributed by atoms with Crippen molar-refractivity contribution in [2.45, 2.75) is 32.2 Å². The van der Waals surface area contributed by atoms with Crippen molar-refractivity contribution < 1.29 is 13.4 Å². The molecular formula is C36H28NO2+. The van der Waals surface area contributed by atoms with Gasteiger partial charge in [-0.1, -0.05) is 56.8 Å². The summed E-state index contributed by atoms with van der Waals surface area (Å²) in [5.41, 5.74) is 10.7. The normalized spacial score (nSPS) is 14.4. The molecule has 0 N–H and O–H groups in total. The van der Waals surface area contributed by atoms with Crippen LogP contribution in [-0.4, -0.2) is 0 Å². The van der Waals surface area contributed by atoms with E-state index in [9.17, 15) is 0 Å². The van der Waals surface area contributed by atoms with Crippen LogP contribution in [0.3, 0.4) is 0 Å². The van der Waals surface area contributed by atoms with E-state index in [0.29, 0.717) is 0 Å². The van der Waals surface area contributed by atoms with Crippen LogP contribution in [0.15, 0.2) is 113 Å². The Kier molecular flexibility index (Phi) is 4.55. The van der Waals surface area contributed by atoms with Gasteiger partial charge in [0, 0.05) is 52.1 Å². The molecule has 0 saturated carbocycles. The number of hydrogen-bond donors (Lipinski definition) is 0. The molecule has 4 aromatic carbocycles. The van der Waals surface area contributed by atoms with Crippen LogP contribution in [0.25, 0.3) is 71.8 Å². The molecule has 3 nitrogen and oxygen atoms in total. The number of benzene rings is 4. The monoisotopic (exact) mass is 506 g/mol. The number of furan rings is 2. The molecule has 3 heteroatoms. The molecule has 1 aliphatic rings. The van der Waals surface area contributed by atoms with Crippen LogP contribution in [0.1, 0.15) is 32.3 Å². The van der Waals surface area contributed by atoms with Gasteiger partial charge in [-0.05, 0) is 59.2 Å². The highest BCUT2D eigenvalue weighted by molar-refractivity contribution is 6.15. The minimum absolute atomic E-state index is 0.0955. The molecule has 0 amide bonds. The lowest BCUT2D eigenvalue weighted by Gasteiger charge is -2.34. The lowest BCUT2D eigenvalue weighted by atomic mass is 9.75. The van der Waals surface area contributed by atoms with Crippen LogP contribution in [0.5, 0.6) is 0 Å². The first-order valence-corrected chi connectivity index (χ1v) is 13.7. The zero-order valence-electron chi connectivity index (χ0n) is 22.1. The summed E-state index contributed by atoms with van der Waals surface area (Å²) < 4.78 is 14.9. The predicted molar refractivity (Wildman–Crippen MR) is 160 cm³/mol. The third-order valence-electron chi connectivity index (χ3n) is 8.98. The van der Waals surface area contributed by atoms with Crippen LogP contribution in [0, 0.1) is 0 Å². The van der Waals surface area contributed by atoms with E-state index in [-0.39, 0.29) is 5.54 Å². The second kappa shape index (κ2) is 7.94. The maximum atomic E-state index is 6.31. The fourth-order valence-electron chi connectivity index (χ4n) is 6.82. The largest absolute Gasteiger partial charge is 0.456 e. The van der Waals surface area contributed by atoms with Crippen molar-refractivity contribution >= 4 is 49.5 Å². The van der Waals surface area contributed by atoms with E-state index in [2.05, 4.69) is 104 Å². The van der Waals surface area contributed by atoms with Gasteiger partial charge in [0.25, 0.3) is 0 Å². The van der Waals surface area contributed by atoms with Gasteiger partial charge in [-0.3, -0.25) is 0 Å². The van der Waals surface area contributed by atoms with E-state index in [4.69, 9.17) is 8.83 Å². The van der Waals surface area contributed by atoms with Gasteiger partial charge in [-0.2, -0.15) is 4.57 Å². The number of fused-ring (bicyclic) bond motifs is 9. The van der Waals surface area contributed by atoms with Crippen LogP contribution >= 0.6 is 0 Å². The Balaban J connectivity index is 1.31. The summed E-state index contributed by atoms with van der Waals surface area (Å²) in [7, 11) is 0. The van der Waals surface area contributed by atoms with Gasteiger partial charge < -0.3 is 8.83 Å². The third kappa shape index (κ3) is 2.96. The number of para-hydroxylation sites is 1. The predicted octanol–water partition coefficient (Wildman–Crippen LogP) is 9.65. The molecule has 0 unspecified atom stereocenters. The van der Waals surface area contributed by atoms with Gasteiger partial charge in [0.1, 0.15) is 22.3 Å². The number of rotatable bonds is 3. The van der Waals surface area contributed by atoms with Crippen molar-refractivity contribution in [3.8, 4) is 22.4 Å². The zero-order chi connectivity index (χ0) is 26.3. The Bertz CT molecular complexity index is 2120. The molecule has 8 rings (SSSR count). The van der Waals surface area contributed by atoms with Crippen molar-refractivity contribution in [1.82, 2.24) is 0 Å². The number of nitrogens with zero attached hydrogens (tertiary/aromatic N) is 1. The molecule has 0 spiro atoms. The fourth-order valence-corrected chi connectivity index (χ4v) is 6.82. The Labute approximate surface area is 226 Å². The molecule has 0 fully saturated rings. The fraction of sp³-hybridized carbons (Fsp3) is 0.139. The van der Waals surface area contributed by atoms with Crippen molar-refractivity contribution in [2.75, 3.05) is 0 Å². The lowest BCUT2D eigenvalue weighted by molar-refractivity contribution is -0.741. The maximum absolute atomic E-state index is 6.31. The number of aromatic nitrogens is 1. The van der Waals surface area contributed by atoms with E-state index in [1.807, 2.05) is 18.2 Å². The van der Waals surface area contributed by atoms with Crippen molar-refractivity contribution in [1.29, 1.82) is 0 Å². The van der Waals surface area contributed by atoms with Gasteiger partial charge in [-0.15, -0.1) is 0 Å². The second-order valence-electron chi connectivity index (χ2n) is 10.7.